The third kappa shape index (κ3) is 7.78. The van der Waals surface area contributed by atoms with Gasteiger partial charge in [0.2, 0.25) is 18.0 Å². The lowest BCUT2D eigenvalue weighted by Crippen LogP contribution is -2.66. The molecule has 0 spiro atoms. The summed E-state index contributed by atoms with van der Waals surface area (Å²) in [5.41, 5.74) is 0. The molecule has 2 heterocycles. The SMILES string of the molecule is CC(=O)N[C@@H]1[C@@H](O)[C@H](O[C@@H]2OC(C(=O)O)=C[C@H](O)[C@H]2OS(=O)(=O)O)[C@@H](COS(=O)(=O)O)O[C@@H]1O. The van der Waals surface area contributed by atoms with Gasteiger partial charge in [-0.2, -0.15) is 16.8 Å². The highest BCUT2D eigenvalue weighted by atomic mass is 32.3. The number of carboxylic acids is 1. The molecule has 196 valence electrons. The van der Waals surface area contributed by atoms with Gasteiger partial charge in [-0.25, -0.2) is 13.2 Å². The quantitative estimate of drug-likeness (QED) is 0.136. The Morgan fingerprint density at radius 2 is 1.71 bits per heavy atom. The molecule has 2 aliphatic heterocycles. The van der Waals surface area contributed by atoms with Gasteiger partial charge in [-0.05, 0) is 6.08 Å². The normalized spacial score (nSPS) is 34.6. The van der Waals surface area contributed by atoms with Crippen molar-refractivity contribution < 1.29 is 78.5 Å². The van der Waals surface area contributed by atoms with E-state index in [0.29, 0.717) is 6.08 Å². The first-order valence-corrected chi connectivity index (χ1v) is 11.7. The van der Waals surface area contributed by atoms with Crippen LogP contribution in [-0.2, 0) is 53.0 Å². The van der Waals surface area contributed by atoms with Crippen LogP contribution in [0.1, 0.15) is 6.92 Å². The first-order chi connectivity index (χ1) is 15.5. The average Bonchev–Trinajstić information content (AvgIpc) is 2.66. The zero-order chi connectivity index (χ0) is 26.0. The fraction of sp³-hybridized carbons (Fsp3) is 0.714. The largest absolute Gasteiger partial charge is 0.475 e. The van der Waals surface area contributed by atoms with Crippen molar-refractivity contribution in [1.82, 2.24) is 5.32 Å². The first-order valence-electron chi connectivity index (χ1n) is 9.00. The van der Waals surface area contributed by atoms with Crippen molar-refractivity contribution in [2.24, 2.45) is 0 Å². The zero-order valence-electron chi connectivity index (χ0n) is 16.9. The van der Waals surface area contributed by atoms with E-state index < -0.39 is 94.2 Å². The second-order valence-electron chi connectivity index (χ2n) is 6.90. The molecule has 0 aromatic heterocycles. The number of aliphatic hydroxyl groups excluding tert-OH is 3. The molecule has 0 aliphatic carbocycles. The minimum absolute atomic E-state index is 0.509. The van der Waals surface area contributed by atoms with Crippen LogP contribution in [0.25, 0.3) is 0 Å². The van der Waals surface area contributed by atoms with Gasteiger partial charge < -0.3 is 40.0 Å². The summed E-state index contributed by atoms with van der Waals surface area (Å²) in [5, 5.41) is 42.0. The van der Waals surface area contributed by atoms with E-state index in [1.165, 1.54) is 0 Å². The molecule has 8 atom stereocenters. The summed E-state index contributed by atoms with van der Waals surface area (Å²) in [6, 6.07) is -1.63. The molecule has 0 unspecified atom stereocenters. The maximum Gasteiger partial charge on any atom is 0.397 e. The summed E-state index contributed by atoms with van der Waals surface area (Å²) in [7, 11) is -10.4. The van der Waals surface area contributed by atoms with Gasteiger partial charge in [0.15, 0.2) is 12.4 Å². The van der Waals surface area contributed by atoms with Crippen molar-refractivity contribution >= 4 is 32.7 Å². The number of aliphatic hydroxyl groups is 3. The molecule has 7 N–H and O–H groups in total. The molecule has 0 bridgehead atoms. The molecular weight excluding hydrogens is 518 g/mol. The summed E-state index contributed by atoms with van der Waals surface area (Å²) in [6.07, 6.45) is -13.6. The monoisotopic (exact) mass is 539 g/mol. The van der Waals surface area contributed by atoms with Crippen LogP contribution in [0, 0.1) is 0 Å². The minimum atomic E-state index is -5.28. The van der Waals surface area contributed by atoms with E-state index in [1.54, 1.807) is 0 Å². The van der Waals surface area contributed by atoms with Crippen molar-refractivity contribution in [3.8, 4) is 0 Å². The predicted molar refractivity (Wildman–Crippen MR) is 99.9 cm³/mol. The van der Waals surface area contributed by atoms with Gasteiger partial charge in [0.05, 0.1) is 6.61 Å². The number of ether oxygens (including phenoxy) is 3. The van der Waals surface area contributed by atoms with Crippen molar-refractivity contribution in [2.75, 3.05) is 6.61 Å². The van der Waals surface area contributed by atoms with Crippen LogP contribution in [-0.4, -0.2) is 114 Å². The van der Waals surface area contributed by atoms with Gasteiger partial charge in [0.1, 0.15) is 30.5 Å². The Morgan fingerprint density at radius 1 is 1.09 bits per heavy atom. The highest BCUT2D eigenvalue weighted by Crippen LogP contribution is 2.30. The highest BCUT2D eigenvalue weighted by molar-refractivity contribution is 7.81. The Bertz CT molecular complexity index is 1010. The number of hydrogen-bond acceptors (Lipinski definition) is 14. The van der Waals surface area contributed by atoms with E-state index in [-0.39, 0.29) is 0 Å². The van der Waals surface area contributed by atoms with Gasteiger partial charge in [-0.3, -0.25) is 13.9 Å². The highest BCUT2D eigenvalue weighted by Gasteiger charge is 2.50. The van der Waals surface area contributed by atoms with E-state index in [1.807, 2.05) is 0 Å². The second kappa shape index (κ2) is 10.7. The lowest BCUT2D eigenvalue weighted by Gasteiger charge is -2.44. The first kappa shape index (κ1) is 28.3. The molecule has 0 aromatic rings. The Kier molecular flexibility index (Phi) is 8.93. The lowest BCUT2D eigenvalue weighted by atomic mass is 9.96. The molecule has 0 aromatic carbocycles. The minimum Gasteiger partial charge on any atom is -0.475 e. The molecule has 1 saturated heterocycles. The Morgan fingerprint density at radius 3 is 2.21 bits per heavy atom. The molecule has 34 heavy (non-hydrogen) atoms. The van der Waals surface area contributed by atoms with Crippen LogP contribution in [0.2, 0.25) is 0 Å². The van der Waals surface area contributed by atoms with Crippen molar-refractivity contribution in [1.29, 1.82) is 0 Å². The predicted octanol–water partition coefficient (Wildman–Crippen LogP) is -4.35. The third-order valence-corrected chi connectivity index (χ3v) is 5.25. The molecule has 20 heteroatoms. The molecule has 2 rings (SSSR count). The molecule has 18 nitrogen and oxygen atoms in total. The topological polar surface area (TPSA) is 282 Å². The van der Waals surface area contributed by atoms with Gasteiger partial charge in [-0.1, -0.05) is 0 Å². The van der Waals surface area contributed by atoms with E-state index in [2.05, 4.69) is 13.7 Å². The van der Waals surface area contributed by atoms with Crippen LogP contribution in [0.15, 0.2) is 11.8 Å². The summed E-state index contributed by atoms with van der Waals surface area (Å²) in [5.74, 6) is -3.50. The standard InChI is InChI=1S/C14H21NO17S2/c1-4(16)15-8-9(18)11(7(29-13(8)21)3-28-33(22,23)24)31-14-10(32-34(25,26)27)5(17)2-6(30-14)12(19)20/h2,5,7-11,13-14,17-18,21H,3H2,1H3,(H,15,16)(H,19,20)(H,22,23,24)(H,25,26,27)/t5-,7+,8+,9+,10+,11+,13-,14-/m0/s1. The number of carbonyl (C=O) groups excluding carboxylic acids is 1. The number of amides is 1. The van der Waals surface area contributed by atoms with Crippen LogP contribution >= 0.6 is 0 Å². The summed E-state index contributed by atoms with van der Waals surface area (Å²) >= 11 is 0. The van der Waals surface area contributed by atoms with Crippen LogP contribution in [0.4, 0.5) is 0 Å². The second-order valence-corrected chi connectivity index (χ2v) is 9.04. The molecule has 0 saturated carbocycles. The number of carboxylic acid groups (broad SMARTS) is 1. The van der Waals surface area contributed by atoms with Crippen molar-refractivity contribution in [2.45, 2.75) is 56.1 Å². The number of aliphatic carboxylic acids is 1. The Balaban J connectivity index is 2.41. The number of carbonyl (C=O) groups is 2. The average molecular weight is 539 g/mol. The summed E-state index contributed by atoms with van der Waals surface area (Å²) < 4.78 is 85.6. The molecule has 1 fully saturated rings. The number of nitrogens with one attached hydrogen (secondary N) is 1. The summed E-state index contributed by atoms with van der Waals surface area (Å²) in [6.45, 7) is -0.117. The smallest absolute Gasteiger partial charge is 0.397 e. The summed E-state index contributed by atoms with van der Waals surface area (Å²) in [4.78, 5) is 22.6. The van der Waals surface area contributed by atoms with Gasteiger partial charge in [0, 0.05) is 6.92 Å². The zero-order valence-corrected chi connectivity index (χ0v) is 18.5. The fourth-order valence-electron chi connectivity index (χ4n) is 3.05. The molecule has 2 aliphatic rings. The van der Waals surface area contributed by atoms with Crippen molar-refractivity contribution in [3.63, 3.8) is 0 Å². The van der Waals surface area contributed by atoms with Crippen LogP contribution in [0.3, 0.4) is 0 Å². The Hall–Kier alpha value is -1.98. The van der Waals surface area contributed by atoms with Crippen LogP contribution in [0.5, 0.6) is 0 Å². The lowest BCUT2D eigenvalue weighted by molar-refractivity contribution is -0.303. The maximum absolute atomic E-state index is 11.4. The van der Waals surface area contributed by atoms with E-state index >= 15 is 0 Å². The maximum atomic E-state index is 11.4. The molecule has 0 radical (unpaired) electrons. The van der Waals surface area contributed by atoms with Crippen LogP contribution < -0.4 is 5.32 Å². The number of rotatable bonds is 9. The van der Waals surface area contributed by atoms with Crippen molar-refractivity contribution in [3.05, 3.63) is 11.8 Å². The van der Waals surface area contributed by atoms with Gasteiger partial charge >= 0.3 is 26.8 Å². The van der Waals surface area contributed by atoms with Gasteiger partial charge in [-0.15, -0.1) is 0 Å². The molecule has 1 amide bonds. The Labute approximate surface area is 191 Å². The van der Waals surface area contributed by atoms with E-state index in [9.17, 15) is 41.7 Å². The third-order valence-electron chi connectivity index (χ3n) is 4.35. The molecular formula is C14H21NO17S2. The van der Waals surface area contributed by atoms with Gasteiger partial charge in [0.25, 0.3) is 0 Å². The van der Waals surface area contributed by atoms with E-state index in [0.717, 1.165) is 6.92 Å². The fourth-order valence-corrected chi connectivity index (χ4v) is 3.84. The van der Waals surface area contributed by atoms with E-state index in [4.69, 9.17) is 28.4 Å². The number of hydrogen-bond donors (Lipinski definition) is 7.